The average molecular weight is 509 g/mol. The van der Waals surface area contributed by atoms with E-state index in [0.29, 0.717) is 28.6 Å². The summed E-state index contributed by atoms with van der Waals surface area (Å²) >= 11 is 6.03. The molecular weight excluding hydrogens is 490 g/mol. The van der Waals surface area contributed by atoms with Crippen LogP contribution < -0.4 is 10.1 Å². The van der Waals surface area contributed by atoms with Gasteiger partial charge in [-0.1, -0.05) is 35.9 Å². The minimum Gasteiger partial charge on any atom is -0.496 e. The van der Waals surface area contributed by atoms with E-state index in [9.17, 15) is 13.6 Å². The van der Waals surface area contributed by atoms with Crippen LogP contribution in [-0.4, -0.2) is 37.4 Å². The number of carbonyl (C=O) groups is 1. The molecule has 0 saturated heterocycles. The van der Waals surface area contributed by atoms with Crippen LogP contribution in [0.2, 0.25) is 5.02 Å². The van der Waals surface area contributed by atoms with Crippen molar-refractivity contribution in [3.63, 3.8) is 0 Å². The van der Waals surface area contributed by atoms with Crippen LogP contribution in [0.1, 0.15) is 28.0 Å². The van der Waals surface area contributed by atoms with Crippen LogP contribution in [0.3, 0.4) is 0 Å². The van der Waals surface area contributed by atoms with Gasteiger partial charge in [-0.05, 0) is 35.9 Å². The molecule has 11 heteroatoms. The first kappa shape index (κ1) is 23.4. The molecule has 3 aromatic heterocycles. The Morgan fingerprint density at radius 2 is 1.94 bits per heavy atom. The smallest absolute Gasteiger partial charge is 0.280 e. The Hall–Kier alpha value is -4.31. The largest absolute Gasteiger partial charge is 0.496 e. The van der Waals surface area contributed by atoms with Crippen molar-refractivity contribution in [2.75, 3.05) is 12.4 Å². The number of nitrogens with one attached hydrogen (secondary N) is 1. The molecule has 1 amide bonds. The number of rotatable bonds is 7. The summed E-state index contributed by atoms with van der Waals surface area (Å²) in [6.45, 7) is 0.453. The van der Waals surface area contributed by atoms with Crippen LogP contribution in [0, 0.1) is 0 Å². The molecule has 0 aliphatic rings. The maximum Gasteiger partial charge on any atom is 0.280 e. The van der Waals surface area contributed by atoms with E-state index in [1.807, 2.05) is 18.2 Å². The number of hydrogen-bond acceptors (Lipinski definition) is 5. The normalized spacial score (nSPS) is 11.2. The molecule has 5 rings (SSSR count). The Morgan fingerprint density at radius 3 is 2.72 bits per heavy atom. The lowest BCUT2D eigenvalue weighted by atomic mass is 10.1. The molecule has 1 N–H and O–H groups in total. The van der Waals surface area contributed by atoms with Crippen molar-refractivity contribution in [3.8, 4) is 17.0 Å². The number of amides is 1. The zero-order valence-electron chi connectivity index (χ0n) is 18.9. The first-order valence-electron chi connectivity index (χ1n) is 10.8. The fourth-order valence-electron chi connectivity index (χ4n) is 3.83. The molecular formula is C25H19ClF2N6O2. The highest BCUT2D eigenvalue weighted by Crippen LogP contribution is 2.32. The van der Waals surface area contributed by atoms with Crippen molar-refractivity contribution in [1.82, 2.24) is 24.4 Å². The van der Waals surface area contributed by atoms with Gasteiger partial charge >= 0.3 is 0 Å². The Morgan fingerprint density at radius 1 is 1.11 bits per heavy atom. The number of carbonyl (C=O) groups excluding carboxylic acids is 1. The molecule has 0 aliphatic heterocycles. The second-order valence-corrected chi connectivity index (χ2v) is 8.31. The van der Waals surface area contributed by atoms with Gasteiger partial charge in [0.15, 0.2) is 5.65 Å². The summed E-state index contributed by atoms with van der Waals surface area (Å²) in [6, 6.07) is 15.5. The van der Waals surface area contributed by atoms with E-state index in [-0.39, 0.29) is 16.9 Å². The van der Waals surface area contributed by atoms with Gasteiger partial charge in [0, 0.05) is 16.8 Å². The lowest BCUT2D eigenvalue weighted by Gasteiger charge is -2.11. The summed E-state index contributed by atoms with van der Waals surface area (Å²) < 4.78 is 35.8. The van der Waals surface area contributed by atoms with Crippen molar-refractivity contribution in [3.05, 3.63) is 95.0 Å². The summed E-state index contributed by atoms with van der Waals surface area (Å²) in [5.41, 5.74) is 1.76. The second-order valence-electron chi connectivity index (χ2n) is 7.87. The number of methoxy groups -OCH3 is 1. The molecule has 0 unspecified atom stereocenters. The molecule has 0 spiro atoms. The van der Waals surface area contributed by atoms with E-state index in [4.69, 9.17) is 16.3 Å². The zero-order valence-corrected chi connectivity index (χ0v) is 19.7. The Kier molecular flexibility index (Phi) is 6.34. The molecule has 0 radical (unpaired) electrons. The van der Waals surface area contributed by atoms with E-state index < -0.39 is 18.0 Å². The number of aromatic nitrogens is 5. The van der Waals surface area contributed by atoms with Gasteiger partial charge in [-0.15, -0.1) is 0 Å². The molecule has 0 atom stereocenters. The van der Waals surface area contributed by atoms with Crippen LogP contribution in [0.15, 0.2) is 73.2 Å². The Bertz CT molecular complexity index is 1570. The van der Waals surface area contributed by atoms with Gasteiger partial charge in [0.25, 0.3) is 12.3 Å². The first-order chi connectivity index (χ1) is 17.4. The van der Waals surface area contributed by atoms with Gasteiger partial charge in [0.05, 0.1) is 37.4 Å². The topological polar surface area (TPSA) is 86.3 Å². The molecule has 8 nitrogen and oxygen atoms in total. The molecule has 0 saturated carbocycles. The van der Waals surface area contributed by atoms with Crippen molar-refractivity contribution >= 4 is 28.8 Å². The summed E-state index contributed by atoms with van der Waals surface area (Å²) in [5.74, 6) is -0.0931. The fraction of sp³-hybridized carbons (Fsp3) is 0.120. The fourth-order valence-corrected chi connectivity index (χ4v) is 4.04. The standard InChI is InChI=1S/C25H19ClF2N6O2/c1-36-22-8-3-2-7-18(22)20-10-21(23(27)28)34-24(32-20)19(12-30-34)25(35)31-17-11-29-33(14-17)13-15-5-4-6-16(26)9-15/h2-12,14,23H,13H2,1H3,(H,31,35). The van der Waals surface area contributed by atoms with Crippen molar-refractivity contribution < 1.29 is 18.3 Å². The van der Waals surface area contributed by atoms with Gasteiger partial charge in [-0.2, -0.15) is 10.2 Å². The second kappa shape index (κ2) is 9.74. The number of nitrogens with zero attached hydrogens (tertiary/aromatic N) is 5. The highest BCUT2D eigenvalue weighted by atomic mass is 35.5. The van der Waals surface area contributed by atoms with Crippen LogP contribution >= 0.6 is 11.6 Å². The van der Waals surface area contributed by atoms with Crippen LogP contribution in [-0.2, 0) is 6.54 Å². The number of alkyl halides is 2. The van der Waals surface area contributed by atoms with E-state index in [1.165, 1.54) is 25.6 Å². The van der Waals surface area contributed by atoms with Crippen LogP contribution in [0.5, 0.6) is 5.75 Å². The highest BCUT2D eigenvalue weighted by molar-refractivity contribution is 6.30. The van der Waals surface area contributed by atoms with Crippen LogP contribution in [0.4, 0.5) is 14.5 Å². The molecule has 36 heavy (non-hydrogen) atoms. The van der Waals surface area contributed by atoms with Gasteiger partial charge in [0.2, 0.25) is 0 Å². The SMILES string of the molecule is COc1ccccc1-c1cc(C(F)F)n2ncc(C(=O)Nc3cnn(Cc4cccc(Cl)c4)c3)c2n1. The number of halogens is 3. The molecule has 3 heterocycles. The van der Waals surface area contributed by atoms with E-state index in [0.717, 1.165) is 10.1 Å². The third kappa shape index (κ3) is 4.63. The summed E-state index contributed by atoms with van der Waals surface area (Å²) in [6.07, 6.45) is 1.52. The Balaban J connectivity index is 1.46. The number of anilines is 1. The minimum atomic E-state index is -2.84. The van der Waals surface area contributed by atoms with E-state index in [2.05, 4.69) is 20.5 Å². The third-order valence-corrected chi connectivity index (χ3v) is 5.71. The molecule has 182 valence electrons. The predicted molar refractivity (Wildman–Crippen MR) is 131 cm³/mol. The lowest BCUT2D eigenvalue weighted by Crippen LogP contribution is -2.12. The predicted octanol–water partition coefficient (Wildman–Crippen LogP) is 5.49. The molecule has 0 aliphatic carbocycles. The van der Waals surface area contributed by atoms with Crippen LogP contribution in [0.25, 0.3) is 16.9 Å². The molecule has 0 fully saturated rings. The zero-order chi connectivity index (χ0) is 25.2. The number of para-hydroxylation sites is 1. The van der Waals surface area contributed by atoms with E-state index in [1.54, 1.807) is 41.2 Å². The van der Waals surface area contributed by atoms with Crippen molar-refractivity contribution in [1.29, 1.82) is 0 Å². The number of hydrogen-bond donors (Lipinski definition) is 1. The molecule has 5 aromatic rings. The quantitative estimate of drug-likeness (QED) is 0.314. The van der Waals surface area contributed by atoms with E-state index >= 15 is 0 Å². The monoisotopic (exact) mass is 508 g/mol. The minimum absolute atomic E-state index is 0.00229. The number of fused-ring (bicyclic) bond motifs is 1. The van der Waals surface area contributed by atoms with Gasteiger partial charge < -0.3 is 10.1 Å². The molecule has 0 bridgehead atoms. The maximum absolute atomic E-state index is 13.9. The van der Waals surface area contributed by atoms with Gasteiger partial charge in [-0.25, -0.2) is 18.3 Å². The molecule has 2 aromatic carbocycles. The van der Waals surface area contributed by atoms with Crippen molar-refractivity contribution in [2.45, 2.75) is 13.0 Å². The summed E-state index contributed by atoms with van der Waals surface area (Å²) in [4.78, 5) is 17.6. The van der Waals surface area contributed by atoms with Gasteiger partial charge in [-0.3, -0.25) is 9.48 Å². The third-order valence-electron chi connectivity index (χ3n) is 5.48. The Labute approximate surface area is 209 Å². The number of benzene rings is 2. The number of ether oxygens (including phenoxy) is 1. The highest BCUT2D eigenvalue weighted by Gasteiger charge is 2.22. The summed E-state index contributed by atoms with van der Waals surface area (Å²) in [5, 5.41) is 11.6. The first-order valence-corrected chi connectivity index (χ1v) is 11.2. The maximum atomic E-state index is 13.9. The van der Waals surface area contributed by atoms with Gasteiger partial charge in [0.1, 0.15) is 17.0 Å². The van der Waals surface area contributed by atoms with Crippen molar-refractivity contribution in [2.24, 2.45) is 0 Å². The lowest BCUT2D eigenvalue weighted by molar-refractivity contribution is 0.102. The average Bonchev–Trinajstić information content (AvgIpc) is 3.50. The summed E-state index contributed by atoms with van der Waals surface area (Å²) in [7, 11) is 1.48.